The van der Waals surface area contributed by atoms with Gasteiger partial charge in [-0.2, -0.15) is 0 Å². The highest BCUT2D eigenvalue weighted by Crippen LogP contribution is 2.25. The van der Waals surface area contributed by atoms with E-state index in [-0.39, 0.29) is 11.0 Å². The second-order valence-electron chi connectivity index (χ2n) is 5.00. The van der Waals surface area contributed by atoms with Crippen LogP contribution in [0.2, 0.25) is 0 Å². The third-order valence-electron chi connectivity index (χ3n) is 3.42. The van der Waals surface area contributed by atoms with Crippen LogP contribution >= 0.6 is 0 Å². The van der Waals surface area contributed by atoms with Crippen molar-refractivity contribution >= 4 is 10.0 Å². The van der Waals surface area contributed by atoms with E-state index in [0.29, 0.717) is 25.4 Å². The molecule has 0 aromatic heterocycles. The van der Waals surface area contributed by atoms with Crippen molar-refractivity contribution in [2.75, 3.05) is 27.3 Å². The van der Waals surface area contributed by atoms with Gasteiger partial charge in [0.2, 0.25) is 10.0 Å². The Hall–Kier alpha value is -1.15. The topological polar surface area (TPSA) is 76.7 Å². The Balaban J connectivity index is 2.14. The second kappa shape index (κ2) is 7.22. The van der Waals surface area contributed by atoms with Crippen molar-refractivity contribution in [2.45, 2.75) is 30.4 Å². The van der Waals surface area contributed by atoms with E-state index < -0.39 is 10.0 Å². The van der Waals surface area contributed by atoms with Crippen LogP contribution in [0.4, 0.5) is 0 Å². The van der Waals surface area contributed by atoms with Gasteiger partial charge >= 0.3 is 0 Å². The average Bonchev–Trinajstić information content (AvgIpc) is 2.98. The molecule has 0 amide bonds. The highest BCUT2D eigenvalue weighted by molar-refractivity contribution is 7.89. The van der Waals surface area contributed by atoms with Crippen LogP contribution in [-0.2, 0) is 21.3 Å². The maximum Gasteiger partial charge on any atom is 0.244 e. The van der Waals surface area contributed by atoms with Crippen molar-refractivity contribution in [1.82, 2.24) is 10.0 Å². The minimum absolute atomic E-state index is 0.0330. The molecule has 1 atom stereocenters. The number of hydrogen-bond donors (Lipinski definition) is 2. The maximum atomic E-state index is 12.4. The van der Waals surface area contributed by atoms with Gasteiger partial charge in [0.15, 0.2) is 0 Å². The molecule has 1 aromatic carbocycles. The van der Waals surface area contributed by atoms with Gasteiger partial charge in [-0.15, -0.1) is 0 Å². The summed E-state index contributed by atoms with van der Waals surface area (Å²) in [5, 5.41) is 3.02. The molecule has 1 saturated heterocycles. The molecular formula is C14H22N2O4S. The lowest BCUT2D eigenvalue weighted by molar-refractivity contribution is 0.114. The van der Waals surface area contributed by atoms with Crippen LogP contribution < -0.4 is 14.8 Å². The van der Waals surface area contributed by atoms with Gasteiger partial charge in [0.05, 0.1) is 13.2 Å². The Morgan fingerprint density at radius 3 is 2.86 bits per heavy atom. The summed E-state index contributed by atoms with van der Waals surface area (Å²) < 4.78 is 38.0. The van der Waals surface area contributed by atoms with Crippen molar-refractivity contribution in [3.8, 4) is 5.75 Å². The molecule has 0 aliphatic carbocycles. The van der Waals surface area contributed by atoms with Crippen LogP contribution in [0.25, 0.3) is 0 Å². The number of benzene rings is 1. The predicted octanol–water partition coefficient (Wildman–Crippen LogP) is 0.872. The SMILES string of the molecule is CNCc1ccc(S(=O)(=O)NCC2CCCO2)c(OC)c1. The summed E-state index contributed by atoms with van der Waals surface area (Å²) in [4.78, 5) is 0.155. The number of hydrogen-bond acceptors (Lipinski definition) is 5. The molecule has 1 aliphatic rings. The molecule has 2 rings (SSSR count). The number of ether oxygens (including phenoxy) is 2. The molecule has 2 N–H and O–H groups in total. The van der Waals surface area contributed by atoms with Gasteiger partial charge in [-0.1, -0.05) is 6.07 Å². The first-order valence-corrected chi connectivity index (χ1v) is 8.48. The Labute approximate surface area is 125 Å². The van der Waals surface area contributed by atoms with E-state index in [0.717, 1.165) is 18.4 Å². The van der Waals surface area contributed by atoms with Gasteiger partial charge in [-0.3, -0.25) is 0 Å². The van der Waals surface area contributed by atoms with Crippen LogP contribution in [-0.4, -0.2) is 41.8 Å². The van der Waals surface area contributed by atoms with Crippen LogP contribution in [0.3, 0.4) is 0 Å². The fourth-order valence-electron chi connectivity index (χ4n) is 2.33. The summed E-state index contributed by atoms with van der Waals surface area (Å²) in [6, 6.07) is 5.08. The van der Waals surface area contributed by atoms with Crippen LogP contribution in [0.5, 0.6) is 5.75 Å². The summed E-state index contributed by atoms with van der Waals surface area (Å²) in [6.07, 6.45) is 1.84. The molecule has 1 fully saturated rings. The summed E-state index contributed by atoms with van der Waals surface area (Å²) >= 11 is 0. The van der Waals surface area contributed by atoms with Crippen molar-refractivity contribution in [1.29, 1.82) is 0 Å². The Bertz CT molecular complexity index is 568. The fraction of sp³-hybridized carbons (Fsp3) is 0.571. The van der Waals surface area contributed by atoms with E-state index in [1.54, 1.807) is 18.2 Å². The quantitative estimate of drug-likeness (QED) is 0.781. The Kier molecular flexibility index (Phi) is 5.58. The third kappa shape index (κ3) is 4.16. The van der Waals surface area contributed by atoms with Gasteiger partial charge in [-0.05, 0) is 37.6 Å². The molecule has 1 unspecified atom stereocenters. The fourth-order valence-corrected chi connectivity index (χ4v) is 3.55. The van der Waals surface area contributed by atoms with Crippen molar-refractivity contribution < 1.29 is 17.9 Å². The van der Waals surface area contributed by atoms with Gasteiger partial charge in [0.25, 0.3) is 0 Å². The normalized spacial score (nSPS) is 18.9. The molecule has 0 radical (unpaired) electrons. The van der Waals surface area contributed by atoms with Gasteiger partial charge in [-0.25, -0.2) is 13.1 Å². The van der Waals surface area contributed by atoms with Crippen LogP contribution in [0.15, 0.2) is 23.1 Å². The van der Waals surface area contributed by atoms with E-state index in [1.807, 2.05) is 7.05 Å². The number of nitrogens with one attached hydrogen (secondary N) is 2. The standard InChI is InChI=1S/C14H22N2O4S/c1-15-9-11-5-6-14(13(8-11)19-2)21(17,18)16-10-12-4-3-7-20-12/h5-6,8,12,15-16H,3-4,7,9-10H2,1-2H3. The summed E-state index contributed by atoms with van der Waals surface area (Å²) in [5.41, 5.74) is 0.965. The van der Waals surface area contributed by atoms with E-state index in [9.17, 15) is 8.42 Å². The summed E-state index contributed by atoms with van der Waals surface area (Å²) in [7, 11) is -0.294. The molecule has 7 heteroatoms. The largest absolute Gasteiger partial charge is 0.495 e. The molecule has 1 aliphatic heterocycles. The van der Waals surface area contributed by atoms with E-state index in [2.05, 4.69) is 10.0 Å². The number of sulfonamides is 1. The molecular weight excluding hydrogens is 292 g/mol. The summed E-state index contributed by atoms with van der Waals surface area (Å²) in [5.74, 6) is 0.350. The lowest BCUT2D eigenvalue weighted by Crippen LogP contribution is -2.32. The first-order valence-electron chi connectivity index (χ1n) is 6.99. The van der Waals surface area contributed by atoms with Crippen molar-refractivity contribution in [2.24, 2.45) is 0 Å². The highest BCUT2D eigenvalue weighted by atomic mass is 32.2. The first kappa shape index (κ1) is 16.2. The molecule has 0 bridgehead atoms. The zero-order chi connectivity index (χ0) is 15.3. The second-order valence-corrected chi connectivity index (χ2v) is 6.74. The van der Waals surface area contributed by atoms with Crippen LogP contribution in [0, 0.1) is 0 Å². The number of methoxy groups -OCH3 is 1. The molecule has 6 nitrogen and oxygen atoms in total. The van der Waals surface area contributed by atoms with Gasteiger partial charge < -0.3 is 14.8 Å². The van der Waals surface area contributed by atoms with E-state index in [1.165, 1.54) is 7.11 Å². The maximum absolute atomic E-state index is 12.4. The van der Waals surface area contributed by atoms with Gasteiger partial charge in [0, 0.05) is 19.7 Å². The van der Waals surface area contributed by atoms with Crippen LogP contribution in [0.1, 0.15) is 18.4 Å². The molecule has 0 spiro atoms. The zero-order valence-electron chi connectivity index (χ0n) is 12.4. The molecule has 0 saturated carbocycles. The molecule has 1 aromatic rings. The summed E-state index contributed by atoms with van der Waals surface area (Å²) in [6.45, 7) is 1.65. The van der Waals surface area contributed by atoms with Crippen molar-refractivity contribution in [3.05, 3.63) is 23.8 Å². The zero-order valence-corrected chi connectivity index (χ0v) is 13.2. The monoisotopic (exact) mass is 314 g/mol. The first-order chi connectivity index (χ1) is 10.1. The minimum atomic E-state index is -3.60. The third-order valence-corrected chi connectivity index (χ3v) is 4.89. The lowest BCUT2D eigenvalue weighted by atomic mass is 10.2. The lowest BCUT2D eigenvalue weighted by Gasteiger charge is -2.14. The van der Waals surface area contributed by atoms with E-state index >= 15 is 0 Å². The molecule has 118 valence electrons. The average molecular weight is 314 g/mol. The van der Waals surface area contributed by atoms with Gasteiger partial charge in [0.1, 0.15) is 10.6 Å². The van der Waals surface area contributed by atoms with Crippen molar-refractivity contribution in [3.63, 3.8) is 0 Å². The Morgan fingerprint density at radius 2 is 2.24 bits per heavy atom. The minimum Gasteiger partial charge on any atom is -0.495 e. The molecule has 1 heterocycles. The highest BCUT2D eigenvalue weighted by Gasteiger charge is 2.23. The molecule has 21 heavy (non-hydrogen) atoms. The Morgan fingerprint density at radius 1 is 1.43 bits per heavy atom. The van der Waals surface area contributed by atoms with E-state index in [4.69, 9.17) is 9.47 Å². The smallest absolute Gasteiger partial charge is 0.244 e. The number of rotatable bonds is 7. The predicted molar refractivity (Wildman–Crippen MR) is 79.9 cm³/mol.